The van der Waals surface area contributed by atoms with Gasteiger partial charge in [-0.15, -0.1) is 0 Å². The Kier molecular flexibility index (Phi) is 6.08. The Morgan fingerprint density at radius 1 is 1.06 bits per heavy atom. The highest BCUT2D eigenvalue weighted by atomic mass is 16.5. The molecule has 1 aliphatic carbocycles. The number of piperidine rings is 1. The van der Waals surface area contributed by atoms with Gasteiger partial charge in [0.15, 0.2) is 0 Å². The first-order valence-electron chi connectivity index (χ1n) is 12.0. The summed E-state index contributed by atoms with van der Waals surface area (Å²) >= 11 is 0. The fourth-order valence-electron chi connectivity index (χ4n) is 5.68. The number of likely N-dealkylation sites (tertiary alicyclic amines) is 1. The van der Waals surface area contributed by atoms with Gasteiger partial charge in [-0.2, -0.15) is 4.98 Å². The smallest absolute Gasteiger partial charge is 0.227 e. The van der Waals surface area contributed by atoms with Crippen molar-refractivity contribution in [3.8, 4) is 11.4 Å². The predicted octanol–water partition coefficient (Wildman–Crippen LogP) is 4.65. The van der Waals surface area contributed by atoms with Gasteiger partial charge in [0.2, 0.25) is 17.6 Å². The van der Waals surface area contributed by atoms with Crippen LogP contribution >= 0.6 is 0 Å². The Morgan fingerprint density at radius 2 is 1.84 bits per heavy atom. The number of carbonyl (C=O) groups is 1. The number of rotatable bonds is 4. The normalized spacial score (nSPS) is 24.4. The number of carbonyl (C=O) groups excluding carboxylic acids is 1. The molecule has 166 valence electrons. The van der Waals surface area contributed by atoms with Gasteiger partial charge in [-0.25, -0.2) is 0 Å². The Hall–Kier alpha value is -2.21. The van der Waals surface area contributed by atoms with E-state index in [1.807, 2.05) is 30.3 Å². The molecular weight excluding hydrogens is 390 g/mol. The SMILES string of the molecule is O=C(C1CCCCC1)N1CCC2(CC1)CC(Cc1nc(-c3ccccc3)no1)CCO2. The van der Waals surface area contributed by atoms with E-state index in [1.54, 1.807) is 0 Å². The van der Waals surface area contributed by atoms with Crippen molar-refractivity contribution in [3.05, 3.63) is 36.2 Å². The second-order valence-corrected chi connectivity index (χ2v) is 9.63. The van der Waals surface area contributed by atoms with Crippen LogP contribution in [-0.4, -0.2) is 46.2 Å². The fourth-order valence-corrected chi connectivity index (χ4v) is 5.68. The predicted molar refractivity (Wildman–Crippen MR) is 117 cm³/mol. The molecule has 2 aromatic rings. The van der Waals surface area contributed by atoms with Crippen LogP contribution in [0.1, 0.15) is 63.7 Å². The topological polar surface area (TPSA) is 68.5 Å². The molecular formula is C25H33N3O3. The summed E-state index contributed by atoms with van der Waals surface area (Å²) in [6.07, 6.45) is 10.6. The Balaban J connectivity index is 1.16. The second-order valence-electron chi connectivity index (χ2n) is 9.63. The molecule has 1 aromatic heterocycles. The lowest BCUT2D eigenvalue weighted by molar-refractivity contribution is -0.151. The quantitative estimate of drug-likeness (QED) is 0.716. The molecule has 2 aliphatic heterocycles. The van der Waals surface area contributed by atoms with E-state index in [4.69, 9.17) is 9.26 Å². The molecule has 5 rings (SSSR count). The molecule has 31 heavy (non-hydrogen) atoms. The average Bonchev–Trinajstić information content (AvgIpc) is 3.29. The molecule has 1 atom stereocenters. The Labute approximate surface area is 184 Å². The van der Waals surface area contributed by atoms with Gasteiger partial charge in [0.25, 0.3) is 0 Å². The van der Waals surface area contributed by atoms with Gasteiger partial charge in [-0.1, -0.05) is 54.8 Å². The van der Waals surface area contributed by atoms with E-state index in [0.717, 1.165) is 70.2 Å². The van der Waals surface area contributed by atoms with Gasteiger partial charge >= 0.3 is 0 Å². The lowest BCUT2D eigenvalue weighted by atomic mass is 9.78. The lowest BCUT2D eigenvalue weighted by Gasteiger charge is -2.46. The first-order valence-corrected chi connectivity index (χ1v) is 12.0. The van der Waals surface area contributed by atoms with Gasteiger partial charge in [-0.05, 0) is 44.4 Å². The Bertz CT molecular complexity index is 867. The number of ether oxygens (including phenoxy) is 1. The third-order valence-corrected chi connectivity index (χ3v) is 7.50. The molecule has 0 radical (unpaired) electrons. The lowest BCUT2D eigenvalue weighted by Crippen LogP contribution is -2.52. The van der Waals surface area contributed by atoms with Crippen LogP contribution in [0, 0.1) is 11.8 Å². The molecule has 1 spiro atoms. The second kappa shape index (κ2) is 9.11. The highest BCUT2D eigenvalue weighted by molar-refractivity contribution is 5.79. The van der Waals surface area contributed by atoms with Crippen molar-refractivity contribution in [3.63, 3.8) is 0 Å². The zero-order valence-corrected chi connectivity index (χ0v) is 18.3. The standard InChI is InChI=1S/C25H33N3O3/c29-24(21-9-5-2-6-10-21)28-14-12-25(13-15-28)18-19(11-16-30-25)17-22-26-23(27-31-22)20-7-3-1-4-8-20/h1,3-4,7-8,19,21H,2,5-6,9-18H2. The van der Waals surface area contributed by atoms with Crippen LogP contribution in [0.2, 0.25) is 0 Å². The molecule has 0 N–H and O–H groups in total. The summed E-state index contributed by atoms with van der Waals surface area (Å²) in [5.74, 6) is 2.51. The maximum absolute atomic E-state index is 12.9. The van der Waals surface area contributed by atoms with Crippen LogP contribution in [0.3, 0.4) is 0 Å². The van der Waals surface area contributed by atoms with E-state index in [2.05, 4.69) is 15.0 Å². The summed E-state index contributed by atoms with van der Waals surface area (Å²) in [5, 5.41) is 4.17. The minimum absolute atomic E-state index is 0.0887. The molecule has 6 heteroatoms. The van der Waals surface area contributed by atoms with Crippen LogP contribution in [0.5, 0.6) is 0 Å². The van der Waals surface area contributed by atoms with Crippen molar-refractivity contribution in [1.82, 2.24) is 15.0 Å². The largest absolute Gasteiger partial charge is 0.375 e. The summed E-state index contributed by atoms with van der Waals surface area (Å²) in [5.41, 5.74) is 0.894. The molecule has 1 unspecified atom stereocenters. The van der Waals surface area contributed by atoms with Crippen LogP contribution in [0.15, 0.2) is 34.9 Å². The first kappa shape index (κ1) is 20.7. The van der Waals surface area contributed by atoms with E-state index in [1.165, 1.54) is 19.3 Å². The van der Waals surface area contributed by atoms with Crippen LogP contribution in [0.25, 0.3) is 11.4 Å². The third kappa shape index (κ3) is 4.69. The minimum atomic E-state index is -0.0887. The number of nitrogens with zero attached hydrogens (tertiary/aromatic N) is 3. The van der Waals surface area contributed by atoms with Crippen molar-refractivity contribution in [2.75, 3.05) is 19.7 Å². The Morgan fingerprint density at radius 3 is 2.61 bits per heavy atom. The van der Waals surface area contributed by atoms with Gasteiger partial charge in [0.1, 0.15) is 0 Å². The molecule has 1 aromatic carbocycles. The van der Waals surface area contributed by atoms with Crippen molar-refractivity contribution in [2.24, 2.45) is 11.8 Å². The minimum Gasteiger partial charge on any atom is -0.375 e. The van der Waals surface area contributed by atoms with E-state index < -0.39 is 0 Å². The van der Waals surface area contributed by atoms with E-state index in [0.29, 0.717) is 23.5 Å². The van der Waals surface area contributed by atoms with Crippen molar-refractivity contribution in [1.29, 1.82) is 0 Å². The third-order valence-electron chi connectivity index (χ3n) is 7.50. The van der Waals surface area contributed by atoms with Crippen molar-refractivity contribution in [2.45, 2.75) is 69.8 Å². The molecule has 1 amide bonds. The summed E-state index contributed by atoms with van der Waals surface area (Å²) in [4.78, 5) is 19.6. The van der Waals surface area contributed by atoms with Crippen LogP contribution in [0.4, 0.5) is 0 Å². The van der Waals surface area contributed by atoms with E-state index in [-0.39, 0.29) is 11.5 Å². The number of amides is 1. The van der Waals surface area contributed by atoms with Gasteiger partial charge < -0.3 is 14.2 Å². The maximum atomic E-state index is 12.9. The number of aromatic nitrogens is 2. The van der Waals surface area contributed by atoms with Crippen molar-refractivity contribution >= 4 is 5.91 Å². The highest BCUT2D eigenvalue weighted by Crippen LogP contribution is 2.39. The van der Waals surface area contributed by atoms with Crippen LogP contribution < -0.4 is 0 Å². The maximum Gasteiger partial charge on any atom is 0.227 e. The zero-order chi connectivity index (χ0) is 21.1. The van der Waals surface area contributed by atoms with Gasteiger partial charge in [0.05, 0.1) is 5.60 Å². The van der Waals surface area contributed by atoms with Crippen molar-refractivity contribution < 1.29 is 14.1 Å². The summed E-state index contributed by atoms with van der Waals surface area (Å²) in [7, 11) is 0. The molecule has 0 bridgehead atoms. The number of benzene rings is 1. The molecule has 2 saturated heterocycles. The molecule has 6 nitrogen and oxygen atoms in total. The van der Waals surface area contributed by atoms with E-state index >= 15 is 0 Å². The molecule has 3 aliphatic rings. The summed E-state index contributed by atoms with van der Waals surface area (Å²) in [6, 6.07) is 9.96. The highest BCUT2D eigenvalue weighted by Gasteiger charge is 2.42. The molecule has 3 fully saturated rings. The monoisotopic (exact) mass is 423 g/mol. The molecule has 3 heterocycles. The van der Waals surface area contributed by atoms with Gasteiger partial charge in [0, 0.05) is 37.6 Å². The zero-order valence-electron chi connectivity index (χ0n) is 18.3. The number of hydrogen-bond donors (Lipinski definition) is 0. The van der Waals surface area contributed by atoms with Gasteiger partial charge in [-0.3, -0.25) is 4.79 Å². The average molecular weight is 424 g/mol. The summed E-state index contributed by atoms with van der Waals surface area (Å²) < 4.78 is 11.9. The van der Waals surface area contributed by atoms with Crippen LogP contribution in [-0.2, 0) is 16.0 Å². The number of hydrogen-bond acceptors (Lipinski definition) is 5. The first-order chi connectivity index (χ1) is 15.2. The summed E-state index contributed by atoms with van der Waals surface area (Å²) in [6.45, 7) is 2.45. The van der Waals surface area contributed by atoms with E-state index in [9.17, 15) is 4.79 Å². The molecule has 1 saturated carbocycles. The fraction of sp³-hybridized carbons (Fsp3) is 0.640.